The number of fused-ring (bicyclic) bond motifs is 1. The van der Waals surface area contributed by atoms with Gasteiger partial charge in [0, 0.05) is 32.9 Å². The van der Waals surface area contributed by atoms with Gasteiger partial charge >= 0.3 is 11.7 Å². The number of aromatic nitrogens is 2. The van der Waals surface area contributed by atoms with Gasteiger partial charge in [0.15, 0.2) is 0 Å². The highest BCUT2D eigenvalue weighted by Crippen LogP contribution is 2.33. The fraction of sp³-hybridized carbons (Fsp3) is 0.300. The number of halogens is 1. The number of rotatable bonds is 3. The number of carbonyl (C=O) groups is 1. The number of hydrogen-bond donors (Lipinski definition) is 2. The minimum atomic E-state index is -0.424. The molecular formula is C20H22FN5O2. The molecule has 2 heterocycles. The van der Waals surface area contributed by atoms with E-state index >= 15 is 0 Å². The molecule has 0 aliphatic carbocycles. The van der Waals surface area contributed by atoms with Gasteiger partial charge in [0.25, 0.3) is 0 Å². The van der Waals surface area contributed by atoms with Crippen LogP contribution in [0.4, 0.5) is 26.2 Å². The summed E-state index contributed by atoms with van der Waals surface area (Å²) < 4.78 is 16.2. The van der Waals surface area contributed by atoms with E-state index in [-0.39, 0.29) is 11.5 Å². The summed E-state index contributed by atoms with van der Waals surface area (Å²) in [5, 5.41) is 5.59. The monoisotopic (exact) mass is 383 g/mol. The smallest absolute Gasteiger partial charge is 0.328 e. The first-order chi connectivity index (χ1) is 13.4. The van der Waals surface area contributed by atoms with Crippen LogP contribution in [0.5, 0.6) is 0 Å². The van der Waals surface area contributed by atoms with Crippen LogP contribution in [0.1, 0.15) is 12.8 Å². The lowest BCUT2D eigenvalue weighted by Gasteiger charge is -2.22. The van der Waals surface area contributed by atoms with Crippen molar-refractivity contribution in [2.75, 3.05) is 28.6 Å². The van der Waals surface area contributed by atoms with Gasteiger partial charge in [-0.1, -0.05) is 0 Å². The summed E-state index contributed by atoms with van der Waals surface area (Å²) >= 11 is 0. The Morgan fingerprint density at radius 1 is 0.964 bits per heavy atom. The van der Waals surface area contributed by atoms with Crippen LogP contribution in [-0.4, -0.2) is 28.3 Å². The normalized spacial score (nSPS) is 13.9. The van der Waals surface area contributed by atoms with Gasteiger partial charge in [-0.15, -0.1) is 0 Å². The standard InChI is InChI=1S/C20H22FN5O2/c1-24-17-11-15(23-19(27)22-14-7-5-13(21)6-8-14)16(26-9-3-4-10-26)12-18(17)25(2)20(24)28/h5-8,11-12H,3-4,9-10H2,1-2H3,(H2,22,23,27). The third-order valence-electron chi connectivity index (χ3n) is 5.19. The van der Waals surface area contributed by atoms with E-state index < -0.39 is 6.03 Å². The number of nitrogens with one attached hydrogen (secondary N) is 2. The highest BCUT2D eigenvalue weighted by molar-refractivity contribution is 6.04. The molecule has 0 atom stereocenters. The summed E-state index contributed by atoms with van der Waals surface area (Å²) in [6.45, 7) is 1.81. The maximum absolute atomic E-state index is 13.1. The van der Waals surface area contributed by atoms with Crippen molar-refractivity contribution in [3.05, 3.63) is 52.7 Å². The van der Waals surface area contributed by atoms with Crippen molar-refractivity contribution in [1.29, 1.82) is 0 Å². The zero-order valence-electron chi connectivity index (χ0n) is 15.8. The van der Waals surface area contributed by atoms with Crippen LogP contribution in [0.15, 0.2) is 41.2 Å². The molecule has 2 amide bonds. The fourth-order valence-corrected chi connectivity index (χ4v) is 3.67. The summed E-state index contributed by atoms with van der Waals surface area (Å²) in [6.07, 6.45) is 2.18. The zero-order chi connectivity index (χ0) is 19.8. The van der Waals surface area contributed by atoms with Crippen molar-refractivity contribution in [2.45, 2.75) is 12.8 Å². The molecule has 28 heavy (non-hydrogen) atoms. The first kappa shape index (κ1) is 18.1. The SMILES string of the molecule is Cn1c(=O)n(C)c2cc(N3CCCC3)c(NC(=O)Nc3ccc(F)cc3)cc21. The predicted octanol–water partition coefficient (Wildman–Crippen LogP) is 3.26. The van der Waals surface area contributed by atoms with Gasteiger partial charge in [0.2, 0.25) is 0 Å². The first-order valence-electron chi connectivity index (χ1n) is 9.22. The second-order valence-electron chi connectivity index (χ2n) is 7.04. The first-order valence-corrected chi connectivity index (χ1v) is 9.22. The van der Waals surface area contributed by atoms with E-state index in [0.717, 1.165) is 42.7 Å². The molecule has 146 valence electrons. The van der Waals surface area contributed by atoms with Crippen LogP contribution in [-0.2, 0) is 14.1 Å². The second kappa shape index (κ2) is 7.03. The quantitative estimate of drug-likeness (QED) is 0.729. The van der Waals surface area contributed by atoms with Crippen molar-refractivity contribution >= 4 is 34.1 Å². The third-order valence-corrected chi connectivity index (χ3v) is 5.19. The molecule has 0 unspecified atom stereocenters. The Kier molecular flexibility index (Phi) is 4.54. The Balaban J connectivity index is 1.70. The zero-order valence-corrected chi connectivity index (χ0v) is 15.8. The Hall–Kier alpha value is -3.29. The Morgan fingerprint density at radius 3 is 2.21 bits per heavy atom. The van der Waals surface area contributed by atoms with Crippen LogP contribution < -0.4 is 21.2 Å². The average Bonchev–Trinajstić information content (AvgIpc) is 3.28. The summed E-state index contributed by atoms with van der Waals surface area (Å²) in [7, 11) is 3.45. The Morgan fingerprint density at radius 2 is 1.57 bits per heavy atom. The predicted molar refractivity (Wildman–Crippen MR) is 109 cm³/mol. The molecule has 2 aromatic carbocycles. The number of benzene rings is 2. The lowest BCUT2D eigenvalue weighted by Crippen LogP contribution is -2.24. The number of aryl methyl sites for hydroxylation is 2. The van der Waals surface area contributed by atoms with Gasteiger partial charge in [-0.05, 0) is 49.2 Å². The minimum Gasteiger partial charge on any atom is -0.370 e. The van der Waals surface area contributed by atoms with Crippen LogP contribution in [0, 0.1) is 5.82 Å². The van der Waals surface area contributed by atoms with Crippen LogP contribution >= 0.6 is 0 Å². The van der Waals surface area contributed by atoms with E-state index in [9.17, 15) is 14.0 Å². The van der Waals surface area contributed by atoms with Gasteiger partial charge in [-0.2, -0.15) is 0 Å². The molecule has 0 radical (unpaired) electrons. The highest BCUT2D eigenvalue weighted by atomic mass is 19.1. The molecule has 7 nitrogen and oxygen atoms in total. The lowest BCUT2D eigenvalue weighted by molar-refractivity contribution is 0.262. The fourth-order valence-electron chi connectivity index (χ4n) is 3.67. The molecule has 3 aromatic rings. The maximum Gasteiger partial charge on any atom is 0.328 e. The molecular weight excluding hydrogens is 361 g/mol. The van der Waals surface area contributed by atoms with Crippen molar-refractivity contribution in [3.63, 3.8) is 0 Å². The Labute approximate surface area is 161 Å². The van der Waals surface area contributed by atoms with Gasteiger partial charge in [-0.3, -0.25) is 9.13 Å². The molecule has 8 heteroatoms. The van der Waals surface area contributed by atoms with E-state index in [1.54, 1.807) is 23.2 Å². The molecule has 1 aromatic heterocycles. The molecule has 1 aliphatic rings. The highest BCUT2D eigenvalue weighted by Gasteiger charge is 2.20. The van der Waals surface area contributed by atoms with E-state index in [4.69, 9.17) is 0 Å². The number of hydrogen-bond acceptors (Lipinski definition) is 3. The molecule has 0 saturated carbocycles. The third kappa shape index (κ3) is 3.21. The largest absolute Gasteiger partial charge is 0.370 e. The summed E-state index contributed by atoms with van der Waals surface area (Å²) in [6, 6.07) is 8.94. The maximum atomic E-state index is 13.1. The second-order valence-corrected chi connectivity index (χ2v) is 7.04. The number of carbonyl (C=O) groups excluding carboxylic acids is 1. The molecule has 1 saturated heterocycles. The summed E-state index contributed by atoms with van der Waals surface area (Å²) in [4.78, 5) is 27.0. The summed E-state index contributed by atoms with van der Waals surface area (Å²) in [5.41, 5.74) is 3.46. The topological polar surface area (TPSA) is 71.3 Å². The number of anilines is 3. The van der Waals surface area contributed by atoms with Crippen molar-refractivity contribution in [1.82, 2.24) is 9.13 Å². The van der Waals surface area contributed by atoms with Crippen LogP contribution in [0.3, 0.4) is 0 Å². The van der Waals surface area contributed by atoms with Gasteiger partial charge in [0.1, 0.15) is 5.82 Å². The van der Waals surface area contributed by atoms with Crippen LogP contribution in [0.25, 0.3) is 11.0 Å². The van der Waals surface area contributed by atoms with Crippen molar-refractivity contribution in [2.24, 2.45) is 14.1 Å². The molecule has 1 fully saturated rings. The number of imidazole rings is 1. The number of amides is 2. The Bertz CT molecular complexity index is 1090. The van der Waals surface area contributed by atoms with E-state index in [1.807, 2.05) is 12.1 Å². The van der Waals surface area contributed by atoms with E-state index in [1.165, 1.54) is 24.3 Å². The molecule has 4 rings (SSSR count). The molecule has 2 N–H and O–H groups in total. The molecule has 0 bridgehead atoms. The van der Waals surface area contributed by atoms with Gasteiger partial charge in [-0.25, -0.2) is 14.0 Å². The van der Waals surface area contributed by atoms with Gasteiger partial charge < -0.3 is 15.5 Å². The molecule has 1 aliphatic heterocycles. The number of nitrogens with zero attached hydrogens (tertiary/aromatic N) is 3. The van der Waals surface area contributed by atoms with E-state index in [0.29, 0.717) is 11.4 Å². The van der Waals surface area contributed by atoms with Gasteiger partial charge in [0.05, 0.1) is 22.4 Å². The average molecular weight is 383 g/mol. The van der Waals surface area contributed by atoms with Crippen molar-refractivity contribution in [3.8, 4) is 0 Å². The summed E-state index contributed by atoms with van der Waals surface area (Å²) in [5.74, 6) is -0.363. The minimum absolute atomic E-state index is 0.115. The van der Waals surface area contributed by atoms with Crippen molar-refractivity contribution < 1.29 is 9.18 Å². The lowest BCUT2D eigenvalue weighted by atomic mass is 10.2. The number of urea groups is 1. The molecule has 0 spiro atoms. The van der Waals surface area contributed by atoms with E-state index in [2.05, 4.69) is 15.5 Å². The van der Waals surface area contributed by atoms with Crippen LogP contribution in [0.2, 0.25) is 0 Å².